The molecule has 28 heavy (non-hydrogen) atoms. The molecule has 0 spiro atoms. The fourth-order valence-electron chi connectivity index (χ4n) is 3.24. The van der Waals surface area contributed by atoms with E-state index in [1.165, 1.54) is 36.4 Å². The molecule has 0 unspecified atom stereocenters. The average molecular weight is 411 g/mol. The number of hydrogen-bond donors (Lipinski definition) is 1. The summed E-state index contributed by atoms with van der Waals surface area (Å²) in [5.41, 5.74) is -0.154. The van der Waals surface area contributed by atoms with E-state index in [0.29, 0.717) is 17.9 Å². The van der Waals surface area contributed by atoms with Gasteiger partial charge in [0.25, 0.3) is 5.92 Å². The normalized spacial score (nSPS) is 20.2. The molecule has 0 aliphatic carbocycles. The number of carbonyl (C=O) groups excluding carboxylic acids is 1. The predicted molar refractivity (Wildman–Crippen MR) is 101 cm³/mol. The topological polar surface area (TPSA) is 55.8 Å². The summed E-state index contributed by atoms with van der Waals surface area (Å²) in [6.45, 7) is 1.96. The van der Waals surface area contributed by atoms with Gasteiger partial charge in [-0.3, -0.25) is 4.79 Å². The van der Waals surface area contributed by atoms with Crippen LogP contribution in [0.1, 0.15) is 42.6 Å². The van der Waals surface area contributed by atoms with Crippen LogP contribution < -0.4 is 4.74 Å². The zero-order chi connectivity index (χ0) is 20.3. The molecular formula is C21H21ClF2O4. The Hall–Kier alpha value is -2.02. The molecule has 7 heteroatoms. The molecule has 1 saturated heterocycles. The van der Waals surface area contributed by atoms with Crippen LogP contribution in [-0.2, 0) is 15.5 Å². The third-order valence-electron chi connectivity index (χ3n) is 4.66. The van der Waals surface area contributed by atoms with E-state index in [1.807, 2.05) is 6.92 Å². The molecule has 0 saturated carbocycles. The molecular weight excluding hydrogens is 390 g/mol. The van der Waals surface area contributed by atoms with Crippen LogP contribution in [0.15, 0.2) is 42.5 Å². The van der Waals surface area contributed by atoms with E-state index in [4.69, 9.17) is 21.1 Å². The van der Waals surface area contributed by atoms with E-state index < -0.39 is 18.1 Å². The molecule has 3 rings (SSSR count). The third kappa shape index (κ3) is 4.35. The van der Waals surface area contributed by atoms with Gasteiger partial charge in [0.2, 0.25) is 0 Å². The van der Waals surface area contributed by atoms with E-state index >= 15 is 8.78 Å². The first-order valence-corrected chi connectivity index (χ1v) is 9.42. The summed E-state index contributed by atoms with van der Waals surface area (Å²) in [5.74, 6) is -2.91. The maximum atomic E-state index is 15.2. The Bertz CT molecular complexity index is 839. The summed E-state index contributed by atoms with van der Waals surface area (Å²) in [7, 11) is 0. The largest absolute Gasteiger partial charge is 0.494 e. The fourth-order valence-corrected chi connectivity index (χ4v) is 3.48. The van der Waals surface area contributed by atoms with Gasteiger partial charge in [-0.25, -0.2) is 0 Å². The standard InChI is InChI=1S/C21H21ClF2O4/c1-2-27-16-6-4-14(5-7-16)21(23,24)18-9-13(3-8-19(18)22)20-11-15(26)10-17(12-25)28-20/h3-9,17,20,25H,2,10-12H2,1H3/t17-,20+/m0/s1. The summed E-state index contributed by atoms with van der Waals surface area (Å²) in [4.78, 5) is 11.9. The summed E-state index contributed by atoms with van der Waals surface area (Å²) in [5, 5.41) is 9.20. The molecule has 2 atom stereocenters. The number of aliphatic hydroxyl groups excluding tert-OH is 1. The Morgan fingerprint density at radius 1 is 1.21 bits per heavy atom. The molecule has 2 aromatic rings. The number of aliphatic hydroxyl groups is 1. The number of benzene rings is 2. The number of ether oxygens (including phenoxy) is 2. The first kappa shape index (κ1) is 20.7. The van der Waals surface area contributed by atoms with Crippen molar-refractivity contribution in [3.63, 3.8) is 0 Å². The van der Waals surface area contributed by atoms with Gasteiger partial charge in [-0.05, 0) is 48.9 Å². The molecule has 1 fully saturated rings. The van der Waals surface area contributed by atoms with Crippen LogP contribution in [0.4, 0.5) is 8.78 Å². The number of Topliss-reactive ketones (excluding diaryl/α,β-unsaturated/α-hetero) is 1. The third-order valence-corrected chi connectivity index (χ3v) is 4.99. The minimum atomic E-state index is -3.34. The number of rotatable bonds is 6. The second-order valence-electron chi connectivity index (χ2n) is 6.65. The summed E-state index contributed by atoms with van der Waals surface area (Å²) >= 11 is 6.08. The van der Waals surface area contributed by atoms with E-state index in [2.05, 4.69) is 0 Å². The van der Waals surface area contributed by atoms with Crippen LogP contribution >= 0.6 is 11.6 Å². The van der Waals surface area contributed by atoms with Crippen LogP contribution in [0, 0.1) is 0 Å². The number of halogens is 3. The minimum absolute atomic E-state index is 0.0756. The lowest BCUT2D eigenvalue weighted by atomic mass is 9.93. The quantitative estimate of drug-likeness (QED) is 0.752. The Morgan fingerprint density at radius 2 is 1.93 bits per heavy atom. The first-order chi connectivity index (χ1) is 13.3. The summed E-state index contributed by atoms with van der Waals surface area (Å²) < 4.78 is 41.3. The number of alkyl halides is 2. The fraction of sp³-hybridized carbons (Fsp3) is 0.381. The molecule has 150 valence electrons. The van der Waals surface area contributed by atoms with Crippen LogP contribution in [-0.4, -0.2) is 30.2 Å². The van der Waals surface area contributed by atoms with Gasteiger partial charge in [0.05, 0.1) is 30.4 Å². The van der Waals surface area contributed by atoms with Gasteiger partial charge in [-0.15, -0.1) is 0 Å². The molecule has 0 bridgehead atoms. The van der Waals surface area contributed by atoms with Crippen molar-refractivity contribution in [1.29, 1.82) is 0 Å². The number of ketones is 1. The zero-order valence-electron chi connectivity index (χ0n) is 15.3. The summed E-state index contributed by atoms with van der Waals surface area (Å²) in [6.07, 6.45) is -1.12. The lowest BCUT2D eigenvalue weighted by Gasteiger charge is -2.29. The van der Waals surface area contributed by atoms with E-state index in [-0.39, 0.29) is 41.4 Å². The maximum absolute atomic E-state index is 15.2. The first-order valence-electron chi connectivity index (χ1n) is 9.04. The lowest BCUT2D eigenvalue weighted by Crippen LogP contribution is -2.31. The molecule has 0 amide bonds. The van der Waals surface area contributed by atoms with Gasteiger partial charge in [0.1, 0.15) is 11.5 Å². The minimum Gasteiger partial charge on any atom is -0.494 e. The Balaban J connectivity index is 1.92. The van der Waals surface area contributed by atoms with Crippen molar-refractivity contribution >= 4 is 17.4 Å². The van der Waals surface area contributed by atoms with Crippen molar-refractivity contribution in [2.24, 2.45) is 0 Å². The average Bonchev–Trinajstić information content (AvgIpc) is 2.68. The van der Waals surface area contributed by atoms with Crippen molar-refractivity contribution < 1.29 is 28.2 Å². The monoisotopic (exact) mass is 410 g/mol. The van der Waals surface area contributed by atoms with Crippen molar-refractivity contribution in [1.82, 2.24) is 0 Å². The number of carbonyl (C=O) groups is 1. The maximum Gasteiger partial charge on any atom is 0.299 e. The van der Waals surface area contributed by atoms with Crippen molar-refractivity contribution in [3.8, 4) is 5.75 Å². The zero-order valence-corrected chi connectivity index (χ0v) is 16.1. The van der Waals surface area contributed by atoms with Gasteiger partial charge in [-0.1, -0.05) is 17.7 Å². The van der Waals surface area contributed by atoms with E-state index in [9.17, 15) is 9.90 Å². The van der Waals surface area contributed by atoms with Crippen molar-refractivity contribution in [3.05, 3.63) is 64.2 Å². The SMILES string of the molecule is CCOc1ccc(C(F)(F)c2cc([C@H]3CC(=O)C[C@@H](CO)O3)ccc2Cl)cc1. The van der Waals surface area contributed by atoms with E-state index in [0.717, 1.165) is 0 Å². The van der Waals surface area contributed by atoms with E-state index in [1.54, 1.807) is 6.07 Å². The van der Waals surface area contributed by atoms with Crippen LogP contribution in [0.25, 0.3) is 0 Å². The highest BCUT2D eigenvalue weighted by Crippen LogP contribution is 2.42. The molecule has 4 nitrogen and oxygen atoms in total. The Morgan fingerprint density at radius 3 is 2.57 bits per heavy atom. The lowest BCUT2D eigenvalue weighted by molar-refractivity contribution is -0.139. The Kier molecular flexibility index (Phi) is 6.33. The molecule has 1 heterocycles. The second-order valence-corrected chi connectivity index (χ2v) is 7.05. The predicted octanol–water partition coefficient (Wildman–Crippen LogP) is 4.66. The van der Waals surface area contributed by atoms with Gasteiger partial charge >= 0.3 is 0 Å². The second kappa shape index (κ2) is 8.55. The van der Waals surface area contributed by atoms with Crippen LogP contribution in [0.3, 0.4) is 0 Å². The van der Waals surface area contributed by atoms with Gasteiger partial charge in [0, 0.05) is 24.0 Å². The molecule has 0 aromatic heterocycles. The molecule has 1 aliphatic rings. The van der Waals surface area contributed by atoms with Gasteiger partial charge in [0.15, 0.2) is 0 Å². The molecule has 1 aliphatic heterocycles. The highest BCUT2D eigenvalue weighted by molar-refractivity contribution is 6.31. The summed E-state index contributed by atoms with van der Waals surface area (Å²) in [6, 6.07) is 9.80. The smallest absolute Gasteiger partial charge is 0.299 e. The van der Waals surface area contributed by atoms with Gasteiger partial charge in [-0.2, -0.15) is 8.78 Å². The van der Waals surface area contributed by atoms with Crippen LogP contribution in [0.2, 0.25) is 5.02 Å². The molecule has 0 radical (unpaired) electrons. The number of hydrogen-bond acceptors (Lipinski definition) is 4. The highest BCUT2D eigenvalue weighted by Gasteiger charge is 2.37. The highest BCUT2D eigenvalue weighted by atomic mass is 35.5. The molecule has 2 aromatic carbocycles. The molecule has 1 N–H and O–H groups in total. The van der Waals surface area contributed by atoms with Crippen LogP contribution in [0.5, 0.6) is 5.75 Å². The Labute approximate surface area is 167 Å². The van der Waals surface area contributed by atoms with Crippen molar-refractivity contribution in [2.75, 3.05) is 13.2 Å². The van der Waals surface area contributed by atoms with Gasteiger partial charge < -0.3 is 14.6 Å². The van der Waals surface area contributed by atoms with Crippen molar-refractivity contribution in [2.45, 2.75) is 37.9 Å².